The quantitative estimate of drug-likeness (QED) is 0.460. The molecular weight excluding hydrogens is 471 g/mol. The summed E-state index contributed by atoms with van der Waals surface area (Å²) in [5.41, 5.74) is 7.60. The third-order valence-corrected chi connectivity index (χ3v) is 5.05. The fraction of sp³-hybridized carbons (Fsp3) is 0.227. The van der Waals surface area contributed by atoms with Crippen LogP contribution in [0, 0.1) is 0 Å². The van der Waals surface area contributed by atoms with Crippen molar-refractivity contribution in [1.82, 2.24) is 9.97 Å². The fourth-order valence-electron chi connectivity index (χ4n) is 2.97. The molecular formula is C22H22Cl2N4O5. The van der Waals surface area contributed by atoms with E-state index in [1.54, 1.807) is 26.4 Å². The van der Waals surface area contributed by atoms with Crippen LogP contribution in [0.1, 0.15) is 11.1 Å². The van der Waals surface area contributed by atoms with E-state index < -0.39 is 5.91 Å². The van der Waals surface area contributed by atoms with Gasteiger partial charge in [0.2, 0.25) is 11.7 Å². The van der Waals surface area contributed by atoms with Gasteiger partial charge in [-0.25, -0.2) is 4.98 Å². The Morgan fingerprint density at radius 1 is 1.03 bits per heavy atom. The van der Waals surface area contributed by atoms with Crippen molar-refractivity contribution in [2.45, 2.75) is 6.42 Å². The van der Waals surface area contributed by atoms with Crippen LogP contribution < -0.4 is 30.0 Å². The highest BCUT2D eigenvalue weighted by Gasteiger charge is 2.15. The maximum absolute atomic E-state index is 12.2. The maximum Gasteiger partial charge on any atom is 0.264 e. The molecule has 0 spiro atoms. The molecule has 0 aliphatic carbocycles. The van der Waals surface area contributed by atoms with Gasteiger partial charge < -0.3 is 24.7 Å². The van der Waals surface area contributed by atoms with E-state index in [1.165, 1.54) is 19.4 Å². The van der Waals surface area contributed by atoms with E-state index in [4.69, 9.17) is 47.9 Å². The van der Waals surface area contributed by atoms with Crippen LogP contribution in [0.2, 0.25) is 10.0 Å². The fourth-order valence-corrected chi connectivity index (χ4v) is 3.43. The van der Waals surface area contributed by atoms with Gasteiger partial charge in [-0.1, -0.05) is 23.2 Å². The average Bonchev–Trinajstić information content (AvgIpc) is 2.79. The van der Waals surface area contributed by atoms with Gasteiger partial charge in [-0.15, -0.1) is 0 Å². The molecule has 0 aliphatic rings. The monoisotopic (exact) mass is 492 g/mol. The Morgan fingerprint density at radius 2 is 1.73 bits per heavy atom. The summed E-state index contributed by atoms with van der Waals surface area (Å²) in [7, 11) is 4.62. The van der Waals surface area contributed by atoms with Gasteiger partial charge in [-0.2, -0.15) is 4.98 Å². The number of amides is 1. The molecule has 0 fully saturated rings. The van der Waals surface area contributed by atoms with E-state index in [0.29, 0.717) is 45.0 Å². The molecule has 9 nitrogen and oxygen atoms in total. The van der Waals surface area contributed by atoms with Gasteiger partial charge in [0.05, 0.1) is 26.4 Å². The lowest BCUT2D eigenvalue weighted by molar-refractivity contribution is -0.118. The molecule has 0 saturated carbocycles. The number of hydrogen-bond acceptors (Lipinski definition) is 8. The van der Waals surface area contributed by atoms with E-state index in [9.17, 15) is 4.79 Å². The predicted molar refractivity (Wildman–Crippen MR) is 126 cm³/mol. The molecule has 2 aromatic carbocycles. The van der Waals surface area contributed by atoms with Crippen LogP contribution in [-0.4, -0.2) is 43.8 Å². The molecule has 1 heterocycles. The summed E-state index contributed by atoms with van der Waals surface area (Å²) >= 11 is 11.9. The number of aromatic nitrogens is 2. The topological polar surface area (TPSA) is 118 Å². The zero-order valence-electron chi connectivity index (χ0n) is 18.1. The number of benzene rings is 2. The van der Waals surface area contributed by atoms with Crippen LogP contribution in [0.25, 0.3) is 0 Å². The molecule has 0 atom stereocenters. The Hall–Kier alpha value is -3.43. The van der Waals surface area contributed by atoms with Crippen molar-refractivity contribution >= 4 is 40.9 Å². The maximum atomic E-state index is 12.2. The molecule has 3 N–H and O–H groups in total. The Morgan fingerprint density at radius 3 is 2.30 bits per heavy atom. The van der Waals surface area contributed by atoms with E-state index in [0.717, 1.165) is 5.56 Å². The highest BCUT2D eigenvalue weighted by Crippen LogP contribution is 2.38. The molecule has 1 aromatic heterocycles. The number of nitrogens with zero attached hydrogens (tertiary/aromatic N) is 2. The number of anilines is 2. The highest BCUT2D eigenvalue weighted by atomic mass is 35.5. The zero-order chi connectivity index (χ0) is 24.0. The van der Waals surface area contributed by atoms with Crippen LogP contribution in [0.4, 0.5) is 11.8 Å². The molecule has 33 heavy (non-hydrogen) atoms. The van der Waals surface area contributed by atoms with E-state index in [1.807, 2.05) is 12.1 Å². The summed E-state index contributed by atoms with van der Waals surface area (Å²) in [5.74, 6) is 1.67. The first-order chi connectivity index (χ1) is 15.8. The Labute approximate surface area is 200 Å². The van der Waals surface area contributed by atoms with Crippen molar-refractivity contribution in [2.75, 3.05) is 39.0 Å². The van der Waals surface area contributed by atoms with Crippen LogP contribution >= 0.6 is 23.2 Å². The lowest BCUT2D eigenvalue weighted by atomic mass is 10.1. The minimum Gasteiger partial charge on any atom is -0.493 e. The number of nitrogens with two attached hydrogens (primary N) is 1. The number of ether oxygens (including phenoxy) is 4. The van der Waals surface area contributed by atoms with Crippen molar-refractivity contribution in [2.24, 2.45) is 0 Å². The Kier molecular flexibility index (Phi) is 8.02. The van der Waals surface area contributed by atoms with Crippen LogP contribution in [0.5, 0.6) is 23.0 Å². The molecule has 3 rings (SSSR count). The largest absolute Gasteiger partial charge is 0.493 e. The molecule has 3 aromatic rings. The second-order valence-electron chi connectivity index (χ2n) is 6.73. The number of methoxy groups -OCH3 is 3. The van der Waals surface area contributed by atoms with Crippen molar-refractivity contribution < 1.29 is 23.7 Å². The van der Waals surface area contributed by atoms with Crippen LogP contribution in [-0.2, 0) is 11.2 Å². The lowest BCUT2D eigenvalue weighted by Gasteiger charge is -2.14. The minimum atomic E-state index is -0.474. The first kappa shape index (κ1) is 24.2. The summed E-state index contributed by atoms with van der Waals surface area (Å²) < 4.78 is 21.5. The van der Waals surface area contributed by atoms with Gasteiger partial charge in [0, 0.05) is 23.2 Å². The van der Waals surface area contributed by atoms with E-state index >= 15 is 0 Å². The third-order valence-electron chi connectivity index (χ3n) is 4.52. The highest BCUT2D eigenvalue weighted by molar-refractivity contribution is 6.35. The van der Waals surface area contributed by atoms with Crippen molar-refractivity contribution in [3.05, 3.63) is 57.7 Å². The Balaban J connectivity index is 1.67. The number of carbonyl (C=O) groups excluding carboxylic acids is 1. The molecule has 0 saturated heterocycles. The second-order valence-corrected chi connectivity index (χ2v) is 7.57. The van der Waals surface area contributed by atoms with Gasteiger partial charge in [-0.3, -0.25) is 10.1 Å². The van der Waals surface area contributed by atoms with Gasteiger partial charge in [0.25, 0.3) is 5.91 Å². The normalized spacial score (nSPS) is 10.5. The number of nitrogen functional groups attached to an aromatic ring is 1. The van der Waals surface area contributed by atoms with Gasteiger partial charge >= 0.3 is 0 Å². The predicted octanol–water partition coefficient (Wildman–Crippen LogP) is 4.00. The van der Waals surface area contributed by atoms with E-state index in [2.05, 4.69) is 15.3 Å². The Bertz CT molecular complexity index is 1130. The number of rotatable bonds is 9. The SMILES string of the molecule is COc1cc(Cc2cnc(NC(=O)COc3ccc(Cl)cc3Cl)nc2N)cc(OC)c1OC. The molecule has 0 radical (unpaired) electrons. The van der Waals surface area contributed by atoms with Crippen molar-refractivity contribution in [1.29, 1.82) is 0 Å². The van der Waals surface area contributed by atoms with E-state index in [-0.39, 0.29) is 18.4 Å². The van der Waals surface area contributed by atoms with Crippen molar-refractivity contribution in [3.63, 3.8) is 0 Å². The number of halogens is 2. The number of carbonyl (C=O) groups is 1. The van der Waals surface area contributed by atoms with Crippen LogP contribution in [0.3, 0.4) is 0 Å². The standard InChI is InChI=1S/C22H22Cl2N4O5/c1-30-17-7-12(8-18(31-2)20(17)32-3)6-13-10-26-22(28-21(13)25)27-19(29)11-33-16-5-4-14(23)9-15(16)24/h4-5,7-10H,6,11H2,1-3H3,(H3,25,26,27,28,29). The second kappa shape index (κ2) is 10.9. The first-order valence-corrected chi connectivity index (χ1v) is 10.4. The van der Waals surface area contributed by atoms with Gasteiger partial charge in [0.1, 0.15) is 11.6 Å². The number of nitrogens with one attached hydrogen (secondary N) is 1. The molecule has 0 unspecified atom stereocenters. The molecule has 0 bridgehead atoms. The van der Waals surface area contributed by atoms with Gasteiger partial charge in [0.15, 0.2) is 18.1 Å². The molecule has 0 aliphatic heterocycles. The van der Waals surface area contributed by atoms with Crippen molar-refractivity contribution in [3.8, 4) is 23.0 Å². The molecule has 174 valence electrons. The van der Waals surface area contributed by atoms with Crippen LogP contribution in [0.15, 0.2) is 36.5 Å². The summed E-state index contributed by atoms with van der Waals surface area (Å²) in [6, 6.07) is 8.33. The summed E-state index contributed by atoms with van der Waals surface area (Å²) in [5, 5.41) is 3.30. The summed E-state index contributed by atoms with van der Waals surface area (Å²) in [6.07, 6.45) is 1.95. The summed E-state index contributed by atoms with van der Waals surface area (Å²) in [4.78, 5) is 20.5. The lowest BCUT2D eigenvalue weighted by Crippen LogP contribution is -2.22. The minimum absolute atomic E-state index is 0.0527. The zero-order valence-corrected chi connectivity index (χ0v) is 19.7. The molecule has 1 amide bonds. The molecule has 11 heteroatoms. The average molecular weight is 493 g/mol. The first-order valence-electron chi connectivity index (χ1n) is 9.62. The smallest absolute Gasteiger partial charge is 0.264 e. The van der Waals surface area contributed by atoms with Gasteiger partial charge in [-0.05, 0) is 35.9 Å². The summed E-state index contributed by atoms with van der Waals surface area (Å²) in [6.45, 7) is -0.294. The third kappa shape index (κ3) is 6.09. The number of hydrogen-bond donors (Lipinski definition) is 2.